The molecule has 0 spiro atoms. The van der Waals surface area contributed by atoms with Gasteiger partial charge in [-0.3, -0.25) is 9.97 Å². The molecule has 3 heterocycles. The number of aromatic nitrogens is 2. The number of pyridine rings is 2. The van der Waals surface area contributed by atoms with E-state index >= 15 is 0 Å². The van der Waals surface area contributed by atoms with Crippen LogP contribution in [0.5, 0.6) is 5.75 Å². The highest BCUT2D eigenvalue weighted by Gasteiger charge is 2.52. The molecule has 1 saturated heterocycles. The smallest absolute Gasteiger partial charge is 0.485 e. The molecule has 0 aliphatic carbocycles. The number of nitrogens with zero attached hydrogens (tertiary/aromatic N) is 2. The minimum absolute atomic E-state index is 0.0298. The van der Waals surface area contributed by atoms with Crippen LogP contribution in [0.4, 0.5) is 4.39 Å². The van der Waals surface area contributed by atoms with Crippen molar-refractivity contribution in [3.05, 3.63) is 47.8 Å². The highest BCUT2D eigenvalue weighted by atomic mass is 19.1. The van der Waals surface area contributed by atoms with Crippen molar-refractivity contribution in [2.24, 2.45) is 0 Å². The Bertz CT molecular complexity index is 767. The van der Waals surface area contributed by atoms with Crippen molar-refractivity contribution in [3.63, 3.8) is 0 Å². The zero-order chi connectivity index (χ0) is 18.2. The van der Waals surface area contributed by atoms with Gasteiger partial charge in [-0.1, -0.05) is 0 Å². The van der Waals surface area contributed by atoms with Gasteiger partial charge in [0.25, 0.3) is 0 Å². The van der Waals surface area contributed by atoms with Crippen molar-refractivity contribution in [1.82, 2.24) is 9.97 Å². The Morgan fingerprint density at radius 3 is 2.48 bits per heavy atom. The number of hydrogen-bond acceptors (Lipinski definition) is 5. The third-order valence-corrected chi connectivity index (χ3v) is 4.91. The minimum Gasteiger partial charge on any atom is -0.485 e. The summed E-state index contributed by atoms with van der Waals surface area (Å²) in [6.07, 6.45) is 4.85. The molecule has 2 aromatic heterocycles. The molecular weight excluding hydrogens is 322 g/mol. The van der Waals surface area contributed by atoms with Crippen molar-refractivity contribution in [3.8, 4) is 5.75 Å². The van der Waals surface area contributed by atoms with Gasteiger partial charge in [0.15, 0.2) is 0 Å². The largest absolute Gasteiger partial charge is 0.496 e. The molecule has 0 radical (unpaired) electrons. The second-order valence-electron chi connectivity index (χ2n) is 7.16. The van der Waals surface area contributed by atoms with E-state index in [1.807, 2.05) is 34.6 Å². The van der Waals surface area contributed by atoms with E-state index in [4.69, 9.17) is 14.0 Å². The maximum atomic E-state index is 13.7. The minimum atomic E-state index is -0.521. The summed E-state index contributed by atoms with van der Waals surface area (Å²) >= 11 is 0. The van der Waals surface area contributed by atoms with E-state index in [0.29, 0.717) is 5.75 Å². The summed E-state index contributed by atoms with van der Waals surface area (Å²) in [5.41, 5.74) is 1.04. The molecule has 5 nitrogen and oxygen atoms in total. The first-order valence-electron chi connectivity index (χ1n) is 8.23. The Kier molecular flexibility index (Phi) is 4.55. The lowest BCUT2D eigenvalue weighted by atomic mass is 9.77. The van der Waals surface area contributed by atoms with Crippen LogP contribution in [-0.4, -0.2) is 28.3 Å². The molecule has 0 saturated carbocycles. The molecule has 1 fully saturated rings. The summed E-state index contributed by atoms with van der Waals surface area (Å²) in [5.74, 6) is 0.160. The van der Waals surface area contributed by atoms with Gasteiger partial charge in [-0.15, -0.1) is 0 Å². The molecule has 1 aliphatic heterocycles. The second kappa shape index (κ2) is 6.39. The van der Waals surface area contributed by atoms with Crippen LogP contribution in [0, 0.1) is 12.7 Å². The Balaban J connectivity index is 1.80. The van der Waals surface area contributed by atoms with Crippen LogP contribution in [0.3, 0.4) is 0 Å². The van der Waals surface area contributed by atoms with Gasteiger partial charge in [0, 0.05) is 17.9 Å². The van der Waals surface area contributed by atoms with Gasteiger partial charge in [0.2, 0.25) is 0 Å². The van der Waals surface area contributed by atoms with Crippen LogP contribution in [0.25, 0.3) is 0 Å². The molecule has 3 rings (SSSR count). The van der Waals surface area contributed by atoms with Gasteiger partial charge in [-0.05, 0) is 52.3 Å². The molecule has 1 aliphatic rings. The molecule has 132 valence electrons. The molecule has 0 amide bonds. The monoisotopic (exact) mass is 344 g/mol. The first-order valence-corrected chi connectivity index (χ1v) is 8.23. The van der Waals surface area contributed by atoms with Gasteiger partial charge in [0.05, 0.1) is 17.4 Å². The van der Waals surface area contributed by atoms with Crippen molar-refractivity contribution in [1.29, 1.82) is 0 Å². The van der Waals surface area contributed by atoms with Crippen LogP contribution >= 0.6 is 0 Å². The average Bonchev–Trinajstić information content (AvgIpc) is 2.75. The maximum Gasteiger partial charge on any atom is 0.496 e. The fourth-order valence-corrected chi connectivity index (χ4v) is 2.55. The molecular formula is C18H22BFN2O3. The first kappa shape index (κ1) is 17.8. The molecule has 0 unspecified atom stereocenters. The lowest BCUT2D eigenvalue weighted by molar-refractivity contribution is 0.00578. The van der Waals surface area contributed by atoms with Gasteiger partial charge >= 0.3 is 7.12 Å². The summed E-state index contributed by atoms with van der Waals surface area (Å²) in [4.78, 5) is 8.21. The van der Waals surface area contributed by atoms with E-state index in [1.165, 1.54) is 12.3 Å². The van der Waals surface area contributed by atoms with Gasteiger partial charge in [0.1, 0.15) is 23.9 Å². The van der Waals surface area contributed by atoms with Crippen molar-refractivity contribution in [2.75, 3.05) is 0 Å². The summed E-state index contributed by atoms with van der Waals surface area (Å²) in [7, 11) is -0.521. The summed E-state index contributed by atoms with van der Waals surface area (Å²) in [6, 6.07) is 2.90. The predicted molar refractivity (Wildman–Crippen MR) is 93.2 cm³/mol. The van der Waals surface area contributed by atoms with E-state index in [9.17, 15) is 4.39 Å². The van der Waals surface area contributed by atoms with E-state index in [0.717, 1.165) is 11.0 Å². The standard InChI is InChI=1S/C18H22BFN2O3/c1-12-13(19-24-17(2,3)18(4,5)25-19)9-21-10-16(12)23-11-15-14(20)7-6-8-22-15/h6-10H,11H2,1-5H3. The van der Waals surface area contributed by atoms with Crippen LogP contribution in [0.15, 0.2) is 30.7 Å². The molecule has 0 bridgehead atoms. The molecule has 2 aromatic rings. The summed E-state index contributed by atoms with van der Waals surface area (Å²) in [5, 5.41) is 0. The highest BCUT2D eigenvalue weighted by Crippen LogP contribution is 2.37. The number of ether oxygens (including phenoxy) is 1. The van der Waals surface area contributed by atoms with E-state index in [1.54, 1.807) is 18.5 Å². The quantitative estimate of drug-likeness (QED) is 0.799. The van der Waals surface area contributed by atoms with E-state index in [2.05, 4.69) is 9.97 Å². The fraction of sp³-hybridized carbons (Fsp3) is 0.444. The number of hydrogen-bond donors (Lipinski definition) is 0. The predicted octanol–water partition coefficient (Wildman–Crippen LogP) is 2.80. The molecule has 0 N–H and O–H groups in total. The van der Waals surface area contributed by atoms with Crippen LogP contribution in [-0.2, 0) is 15.9 Å². The van der Waals surface area contributed by atoms with E-state index in [-0.39, 0.29) is 12.3 Å². The normalized spacial score (nSPS) is 18.4. The Morgan fingerprint density at radius 2 is 1.84 bits per heavy atom. The average molecular weight is 344 g/mol. The van der Waals surface area contributed by atoms with Crippen molar-refractivity contribution in [2.45, 2.75) is 52.4 Å². The van der Waals surface area contributed by atoms with Crippen molar-refractivity contribution < 1.29 is 18.4 Å². The number of rotatable bonds is 4. The number of halogens is 1. The highest BCUT2D eigenvalue weighted by molar-refractivity contribution is 6.62. The molecule has 25 heavy (non-hydrogen) atoms. The fourth-order valence-electron chi connectivity index (χ4n) is 2.55. The zero-order valence-corrected chi connectivity index (χ0v) is 15.2. The summed E-state index contributed by atoms with van der Waals surface area (Å²) < 4.78 is 31.6. The third-order valence-electron chi connectivity index (χ3n) is 4.91. The van der Waals surface area contributed by atoms with Gasteiger partial charge < -0.3 is 14.0 Å². The Morgan fingerprint density at radius 1 is 1.16 bits per heavy atom. The molecule has 0 aromatic carbocycles. The molecule has 0 atom stereocenters. The van der Waals surface area contributed by atoms with Crippen LogP contribution in [0.1, 0.15) is 39.0 Å². The van der Waals surface area contributed by atoms with Crippen molar-refractivity contribution >= 4 is 12.6 Å². The first-order chi connectivity index (χ1) is 11.7. The van der Waals surface area contributed by atoms with E-state index < -0.39 is 24.1 Å². The van der Waals surface area contributed by atoms with Gasteiger partial charge in [-0.2, -0.15) is 0 Å². The zero-order valence-electron chi connectivity index (χ0n) is 15.2. The summed E-state index contributed by atoms with van der Waals surface area (Å²) in [6.45, 7) is 9.94. The van der Waals surface area contributed by atoms with Gasteiger partial charge in [-0.25, -0.2) is 4.39 Å². The second-order valence-corrected chi connectivity index (χ2v) is 7.16. The lowest BCUT2D eigenvalue weighted by Crippen LogP contribution is -2.41. The topological polar surface area (TPSA) is 53.5 Å². The van der Waals surface area contributed by atoms with Crippen LogP contribution < -0.4 is 10.2 Å². The Hall–Kier alpha value is -1.99. The third kappa shape index (κ3) is 3.39. The van der Waals surface area contributed by atoms with Crippen LogP contribution in [0.2, 0.25) is 0 Å². The lowest BCUT2D eigenvalue weighted by Gasteiger charge is -2.32. The SMILES string of the molecule is Cc1c(OCc2ncccc2F)cncc1B1OC(C)(C)C(C)(C)O1. The molecule has 7 heteroatoms. The Labute approximate surface area is 147 Å². The maximum absolute atomic E-state index is 13.7.